The maximum Gasteiger partial charge on any atom is 0.355 e. The number of thioether (sulfide) groups is 1. The molecule has 1 aromatic heterocycles. The zero-order chi connectivity index (χ0) is 21.8. The fourth-order valence-electron chi connectivity index (χ4n) is 3.40. The van der Waals surface area contributed by atoms with E-state index in [0.717, 1.165) is 0 Å². The molecule has 2 aromatic rings. The summed E-state index contributed by atoms with van der Waals surface area (Å²) in [6, 6.07) is 6.32. The topological polar surface area (TPSA) is 88.7 Å². The van der Waals surface area contributed by atoms with Gasteiger partial charge in [0, 0.05) is 23.6 Å². The first-order valence-corrected chi connectivity index (χ1v) is 10.6. The molecule has 1 saturated heterocycles. The third-order valence-electron chi connectivity index (χ3n) is 4.83. The Morgan fingerprint density at radius 2 is 1.93 bits per heavy atom. The summed E-state index contributed by atoms with van der Waals surface area (Å²) in [6.45, 7) is 5.14. The average Bonchev–Trinajstić information content (AvgIpc) is 3.31. The number of carbonyl (C=O) groups is 3. The van der Waals surface area contributed by atoms with E-state index >= 15 is 0 Å². The summed E-state index contributed by atoms with van der Waals surface area (Å²) in [7, 11) is 0. The normalized spacial score (nSPS) is 15.9. The van der Waals surface area contributed by atoms with Crippen LogP contribution < -0.4 is 0 Å². The van der Waals surface area contributed by atoms with E-state index in [2.05, 4.69) is 4.98 Å². The molecule has 0 radical (unpaired) electrons. The third-order valence-corrected chi connectivity index (χ3v) is 6.07. The first-order chi connectivity index (χ1) is 14.3. The SMILES string of the molecule is CCOC(=O)c1c(C)[nH]c(C(=O)OCC(=O)N2CCS[C@H]2c2ccccc2F)c1C. The van der Waals surface area contributed by atoms with Crippen molar-refractivity contribution >= 4 is 29.6 Å². The predicted molar refractivity (Wildman–Crippen MR) is 110 cm³/mol. The molecule has 3 rings (SSSR count). The standard InChI is InChI=1S/C21H23FN2O5S/c1-4-28-20(26)17-12(2)18(23-13(17)3)21(27)29-11-16(25)24-9-10-30-19(24)14-7-5-6-8-15(14)22/h5-8,19,23H,4,9-11H2,1-3H3/t19-/m0/s1. The van der Waals surface area contributed by atoms with Crippen molar-refractivity contribution in [2.75, 3.05) is 25.5 Å². The highest BCUT2D eigenvalue weighted by atomic mass is 32.2. The van der Waals surface area contributed by atoms with Gasteiger partial charge < -0.3 is 19.4 Å². The lowest BCUT2D eigenvalue weighted by molar-refractivity contribution is -0.134. The lowest BCUT2D eigenvalue weighted by Crippen LogP contribution is -2.34. The number of ether oxygens (including phenoxy) is 2. The molecule has 1 fully saturated rings. The second-order valence-corrected chi connectivity index (χ2v) is 7.94. The van der Waals surface area contributed by atoms with E-state index in [1.54, 1.807) is 39.0 Å². The number of benzene rings is 1. The number of aromatic amines is 1. The van der Waals surface area contributed by atoms with Gasteiger partial charge in [0.05, 0.1) is 12.2 Å². The first kappa shape index (κ1) is 21.9. The number of hydrogen-bond donors (Lipinski definition) is 1. The molecule has 0 aliphatic carbocycles. The lowest BCUT2D eigenvalue weighted by atomic mass is 10.1. The number of nitrogens with one attached hydrogen (secondary N) is 1. The smallest absolute Gasteiger partial charge is 0.355 e. The number of aromatic nitrogens is 1. The zero-order valence-corrected chi connectivity index (χ0v) is 17.8. The molecule has 0 unspecified atom stereocenters. The number of amides is 1. The Labute approximate surface area is 177 Å². The van der Waals surface area contributed by atoms with Crippen molar-refractivity contribution in [3.05, 3.63) is 58.2 Å². The fourth-order valence-corrected chi connectivity index (χ4v) is 4.70. The van der Waals surface area contributed by atoms with Crippen LogP contribution in [0.2, 0.25) is 0 Å². The summed E-state index contributed by atoms with van der Waals surface area (Å²) in [5.74, 6) is -1.39. The summed E-state index contributed by atoms with van der Waals surface area (Å²) in [5, 5.41) is -0.456. The predicted octanol–water partition coefficient (Wildman–Crippen LogP) is 3.38. The van der Waals surface area contributed by atoms with Crippen molar-refractivity contribution in [3.8, 4) is 0 Å². The second kappa shape index (κ2) is 9.34. The average molecular weight is 434 g/mol. The maximum atomic E-state index is 14.1. The summed E-state index contributed by atoms with van der Waals surface area (Å²) >= 11 is 1.46. The number of nitrogens with zero attached hydrogens (tertiary/aromatic N) is 1. The summed E-state index contributed by atoms with van der Waals surface area (Å²) < 4.78 is 24.3. The van der Waals surface area contributed by atoms with Crippen LogP contribution in [0.1, 0.15) is 50.0 Å². The van der Waals surface area contributed by atoms with Crippen molar-refractivity contribution in [2.45, 2.75) is 26.1 Å². The third kappa shape index (κ3) is 4.35. The van der Waals surface area contributed by atoms with E-state index in [-0.39, 0.29) is 23.7 Å². The van der Waals surface area contributed by atoms with Crippen LogP contribution in [0.3, 0.4) is 0 Å². The zero-order valence-electron chi connectivity index (χ0n) is 17.0. The summed E-state index contributed by atoms with van der Waals surface area (Å²) in [6.07, 6.45) is 0. The molecule has 2 heterocycles. The minimum atomic E-state index is -0.742. The molecule has 0 bridgehead atoms. The highest BCUT2D eigenvalue weighted by Crippen LogP contribution is 2.38. The highest BCUT2D eigenvalue weighted by Gasteiger charge is 2.33. The van der Waals surface area contributed by atoms with Crippen LogP contribution in [-0.4, -0.2) is 53.2 Å². The summed E-state index contributed by atoms with van der Waals surface area (Å²) in [5.41, 5.74) is 1.70. The molecule has 1 aromatic carbocycles. The van der Waals surface area contributed by atoms with Gasteiger partial charge in [-0.05, 0) is 32.4 Å². The van der Waals surface area contributed by atoms with Crippen molar-refractivity contribution < 1.29 is 28.2 Å². The molecule has 0 spiro atoms. The first-order valence-electron chi connectivity index (χ1n) is 9.54. The molecule has 1 atom stereocenters. The number of halogens is 1. The molecular formula is C21H23FN2O5S. The largest absolute Gasteiger partial charge is 0.462 e. The quantitative estimate of drug-likeness (QED) is 0.702. The minimum absolute atomic E-state index is 0.102. The van der Waals surface area contributed by atoms with Gasteiger partial charge in [-0.2, -0.15) is 0 Å². The van der Waals surface area contributed by atoms with E-state index in [4.69, 9.17) is 9.47 Å². The Morgan fingerprint density at radius 1 is 1.20 bits per heavy atom. The Kier molecular flexibility index (Phi) is 6.81. The van der Waals surface area contributed by atoms with Gasteiger partial charge in [0.15, 0.2) is 6.61 Å². The number of esters is 2. The molecule has 30 heavy (non-hydrogen) atoms. The summed E-state index contributed by atoms with van der Waals surface area (Å²) in [4.78, 5) is 41.6. The van der Waals surface area contributed by atoms with E-state index in [1.165, 1.54) is 22.7 Å². The molecular weight excluding hydrogens is 411 g/mol. The monoisotopic (exact) mass is 434 g/mol. The van der Waals surface area contributed by atoms with Crippen molar-refractivity contribution in [1.29, 1.82) is 0 Å². The van der Waals surface area contributed by atoms with Gasteiger partial charge in [-0.15, -0.1) is 11.8 Å². The number of rotatable bonds is 6. The Balaban J connectivity index is 1.68. The number of carbonyl (C=O) groups excluding carboxylic acids is 3. The van der Waals surface area contributed by atoms with Gasteiger partial charge in [-0.1, -0.05) is 18.2 Å². The minimum Gasteiger partial charge on any atom is -0.462 e. The van der Waals surface area contributed by atoms with E-state index in [9.17, 15) is 18.8 Å². The molecule has 1 aliphatic heterocycles. The van der Waals surface area contributed by atoms with E-state index < -0.39 is 29.8 Å². The Hall–Kier alpha value is -2.81. The number of H-pyrrole nitrogens is 1. The molecule has 7 nitrogen and oxygen atoms in total. The Bertz CT molecular complexity index is 974. The van der Waals surface area contributed by atoms with Gasteiger partial charge in [-0.3, -0.25) is 4.79 Å². The highest BCUT2D eigenvalue weighted by molar-refractivity contribution is 7.99. The van der Waals surface area contributed by atoms with Crippen LogP contribution in [0.25, 0.3) is 0 Å². The molecule has 0 saturated carbocycles. The van der Waals surface area contributed by atoms with Gasteiger partial charge in [-0.25, -0.2) is 14.0 Å². The molecule has 1 amide bonds. The van der Waals surface area contributed by atoms with Crippen molar-refractivity contribution in [3.63, 3.8) is 0 Å². The number of aryl methyl sites for hydroxylation is 1. The maximum absolute atomic E-state index is 14.1. The second-order valence-electron chi connectivity index (χ2n) is 6.75. The van der Waals surface area contributed by atoms with Crippen molar-refractivity contribution in [1.82, 2.24) is 9.88 Å². The van der Waals surface area contributed by atoms with Crippen LogP contribution in [0.4, 0.5) is 4.39 Å². The molecule has 1 N–H and O–H groups in total. The number of hydrogen-bond acceptors (Lipinski definition) is 6. The van der Waals surface area contributed by atoms with Crippen LogP contribution in [-0.2, 0) is 14.3 Å². The van der Waals surface area contributed by atoms with E-state index in [0.29, 0.717) is 29.1 Å². The molecule has 1 aliphatic rings. The Morgan fingerprint density at radius 3 is 2.63 bits per heavy atom. The fraction of sp³-hybridized carbons (Fsp3) is 0.381. The molecule has 160 valence electrons. The van der Waals surface area contributed by atoms with E-state index in [1.807, 2.05) is 0 Å². The van der Waals surface area contributed by atoms with Gasteiger partial charge >= 0.3 is 11.9 Å². The van der Waals surface area contributed by atoms with Crippen molar-refractivity contribution in [2.24, 2.45) is 0 Å². The molecule has 9 heteroatoms. The van der Waals surface area contributed by atoms with Crippen LogP contribution >= 0.6 is 11.8 Å². The van der Waals surface area contributed by atoms with Gasteiger partial charge in [0.25, 0.3) is 5.91 Å². The van der Waals surface area contributed by atoms with Gasteiger partial charge in [0.1, 0.15) is 16.9 Å². The lowest BCUT2D eigenvalue weighted by Gasteiger charge is -2.24. The van der Waals surface area contributed by atoms with Crippen LogP contribution in [0.15, 0.2) is 24.3 Å². The van der Waals surface area contributed by atoms with Gasteiger partial charge in [0.2, 0.25) is 0 Å². The van der Waals surface area contributed by atoms with Crippen LogP contribution in [0.5, 0.6) is 0 Å². The van der Waals surface area contributed by atoms with Crippen LogP contribution in [0, 0.1) is 19.7 Å².